The number of hydrogen-bond acceptors (Lipinski definition) is 8. The Balaban J connectivity index is 1.64. The molecule has 0 atom stereocenters. The van der Waals surface area contributed by atoms with Crippen molar-refractivity contribution in [3.05, 3.63) is 58.4 Å². The molecular formula is C20H22FN5O4S. The van der Waals surface area contributed by atoms with Crippen LogP contribution >= 0.6 is 11.8 Å². The maximum Gasteiger partial charge on any atom is 0.340 e. The first kappa shape index (κ1) is 22.3. The number of thioether (sulfide) groups is 1. The Morgan fingerprint density at radius 1 is 1.26 bits per heavy atom. The summed E-state index contributed by atoms with van der Waals surface area (Å²) < 4.78 is 25.3. The molecule has 2 heterocycles. The fraction of sp³-hybridized carbons (Fsp3) is 0.300. The summed E-state index contributed by atoms with van der Waals surface area (Å²) in [4.78, 5) is 27.7. The van der Waals surface area contributed by atoms with Gasteiger partial charge in [-0.15, -0.1) is 10.2 Å². The van der Waals surface area contributed by atoms with Crippen molar-refractivity contribution >= 4 is 23.5 Å². The number of nitrogens with one attached hydrogen (secondary N) is 1. The normalized spacial score (nSPS) is 10.8. The first-order valence-electron chi connectivity index (χ1n) is 9.42. The number of carbonyl (C=O) groups excluding carboxylic acids is 2. The third kappa shape index (κ3) is 4.88. The Morgan fingerprint density at radius 3 is 2.71 bits per heavy atom. The van der Waals surface area contributed by atoms with E-state index in [1.54, 1.807) is 32.9 Å². The van der Waals surface area contributed by atoms with Gasteiger partial charge in [0, 0.05) is 5.69 Å². The minimum Gasteiger partial charge on any atom is -0.482 e. The number of ether oxygens (including phenoxy) is 2. The molecule has 3 rings (SSSR count). The lowest BCUT2D eigenvalue weighted by Gasteiger charge is -2.07. The molecule has 2 aromatic heterocycles. The highest BCUT2D eigenvalue weighted by Gasteiger charge is 2.23. The van der Waals surface area contributed by atoms with Gasteiger partial charge in [0.25, 0.3) is 0 Å². The van der Waals surface area contributed by atoms with Crippen LogP contribution in [0.25, 0.3) is 0 Å². The van der Waals surface area contributed by atoms with E-state index < -0.39 is 11.8 Å². The van der Waals surface area contributed by atoms with Crippen LogP contribution in [0.2, 0.25) is 0 Å². The quantitative estimate of drug-likeness (QED) is 0.222. The summed E-state index contributed by atoms with van der Waals surface area (Å²) in [7, 11) is 0. The highest BCUT2D eigenvalue weighted by molar-refractivity contribution is 7.99. The fourth-order valence-electron chi connectivity index (χ4n) is 2.95. The fourth-order valence-corrected chi connectivity index (χ4v) is 3.70. The number of nitrogens with two attached hydrogens (primary N) is 1. The third-order valence-electron chi connectivity index (χ3n) is 4.46. The number of benzene rings is 1. The topological polar surface area (TPSA) is 125 Å². The number of H-pyrrole nitrogens is 1. The number of nitrogens with zero attached hydrogens (tertiary/aromatic N) is 3. The lowest BCUT2D eigenvalue weighted by atomic mass is 10.1. The molecule has 3 aromatic rings. The van der Waals surface area contributed by atoms with Gasteiger partial charge in [-0.2, -0.15) is 0 Å². The molecule has 0 saturated heterocycles. The Morgan fingerprint density at radius 2 is 2.00 bits per heavy atom. The van der Waals surface area contributed by atoms with E-state index in [-0.39, 0.29) is 36.3 Å². The predicted octanol–water partition coefficient (Wildman–Crippen LogP) is 2.81. The zero-order valence-electron chi connectivity index (χ0n) is 17.3. The molecule has 31 heavy (non-hydrogen) atoms. The summed E-state index contributed by atoms with van der Waals surface area (Å²) in [6.45, 7) is 5.28. The van der Waals surface area contributed by atoms with Gasteiger partial charge in [0.1, 0.15) is 6.61 Å². The number of aromatic amines is 1. The molecule has 1 aromatic carbocycles. The van der Waals surface area contributed by atoms with Crippen LogP contribution in [0.1, 0.15) is 44.9 Å². The second kappa shape index (κ2) is 9.65. The zero-order chi connectivity index (χ0) is 22.5. The largest absolute Gasteiger partial charge is 0.482 e. The van der Waals surface area contributed by atoms with Crippen molar-refractivity contribution in [2.24, 2.45) is 0 Å². The maximum absolute atomic E-state index is 13.7. The van der Waals surface area contributed by atoms with Gasteiger partial charge in [0.15, 0.2) is 23.2 Å². The minimum atomic E-state index is -0.496. The van der Waals surface area contributed by atoms with Gasteiger partial charge in [-0.25, -0.2) is 13.9 Å². The predicted molar refractivity (Wildman–Crippen MR) is 112 cm³/mol. The highest BCUT2D eigenvalue weighted by Crippen LogP contribution is 2.23. The highest BCUT2D eigenvalue weighted by atomic mass is 32.2. The molecule has 0 aliphatic carbocycles. The summed E-state index contributed by atoms with van der Waals surface area (Å²) >= 11 is 1.09. The standard InChI is InChI=1S/C20H22FN5O4S/c1-4-29-19(28)17-11(2)18(23-12(17)3)14(27)10-31-20-25-24-16(26(20)22)9-30-15-8-6-5-7-13(15)21/h5-8,23H,4,9-10,22H2,1-3H3. The van der Waals surface area contributed by atoms with Crippen LogP contribution in [-0.4, -0.2) is 44.0 Å². The number of esters is 1. The van der Waals surface area contributed by atoms with Crippen LogP contribution in [0.4, 0.5) is 4.39 Å². The monoisotopic (exact) mass is 447 g/mol. The number of ketones is 1. The number of aromatic nitrogens is 4. The van der Waals surface area contributed by atoms with Crippen LogP contribution in [0, 0.1) is 19.7 Å². The van der Waals surface area contributed by atoms with E-state index in [4.69, 9.17) is 15.3 Å². The number of hydrogen-bond donors (Lipinski definition) is 2. The van der Waals surface area contributed by atoms with Crippen molar-refractivity contribution in [1.82, 2.24) is 19.9 Å². The molecule has 164 valence electrons. The minimum absolute atomic E-state index is 0.0204. The SMILES string of the molecule is CCOC(=O)c1c(C)[nH]c(C(=O)CSc2nnc(COc3ccccc3F)n2N)c1C. The van der Waals surface area contributed by atoms with Gasteiger partial charge in [0.2, 0.25) is 5.16 Å². The number of Topliss-reactive ketones (excluding diaryl/α,β-unsaturated/α-hetero) is 1. The van der Waals surface area contributed by atoms with Gasteiger partial charge in [0.05, 0.1) is 23.6 Å². The van der Waals surface area contributed by atoms with E-state index in [0.717, 1.165) is 11.8 Å². The van der Waals surface area contributed by atoms with E-state index in [1.807, 2.05) is 0 Å². The van der Waals surface area contributed by atoms with Crippen LogP contribution < -0.4 is 10.6 Å². The average molecular weight is 447 g/mol. The Kier molecular flexibility index (Phi) is 6.95. The Hall–Kier alpha value is -3.34. The van der Waals surface area contributed by atoms with Gasteiger partial charge in [-0.3, -0.25) is 4.79 Å². The van der Waals surface area contributed by atoms with Gasteiger partial charge in [-0.05, 0) is 38.5 Å². The van der Waals surface area contributed by atoms with Crippen molar-refractivity contribution in [3.8, 4) is 5.75 Å². The van der Waals surface area contributed by atoms with Crippen molar-refractivity contribution in [2.45, 2.75) is 32.5 Å². The van der Waals surface area contributed by atoms with Crippen molar-refractivity contribution in [1.29, 1.82) is 0 Å². The molecule has 0 spiro atoms. The molecule has 0 aliphatic rings. The van der Waals surface area contributed by atoms with Gasteiger partial charge < -0.3 is 20.3 Å². The molecule has 0 radical (unpaired) electrons. The number of aryl methyl sites for hydroxylation is 1. The maximum atomic E-state index is 13.7. The molecule has 0 amide bonds. The van der Waals surface area contributed by atoms with Crippen molar-refractivity contribution in [3.63, 3.8) is 0 Å². The lowest BCUT2D eigenvalue weighted by Crippen LogP contribution is -2.16. The third-order valence-corrected chi connectivity index (χ3v) is 5.40. The second-order valence-electron chi connectivity index (χ2n) is 6.55. The number of carbonyl (C=O) groups is 2. The van der Waals surface area contributed by atoms with Gasteiger partial charge in [-0.1, -0.05) is 23.9 Å². The zero-order valence-corrected chi connectivity index (χ0v) is 18.1. The molecule has 3 N–H and O–H groups in total. The smallest absolute Gasteiger partial charge is 0.340 e. The molecule has 0 unspecified atom stereocenters. The second-order valence-corrected chi connectivity index (χ2v) is 7.49. The summed E-state index contributed by atoms with van der Waals surface area (Å²) in [6.07, 6.45) is 0. The molecule has 9 nitrogen and oxygen atoms in total. The molecule has 0 saturated carbocycles. The van der Waals surface area contributed by atoms with Gasteiger partial charge >= 0.3 is 5.97 Å². The van der Waals surface area contributed by atoms with Crippen LogP contribution in [0.3, 0.4) is 0 Å². The molecular weight excluding hydrogens is 425 g/mol. The summed E-state index contributed by atoms with van der Waals surface area (Å²) in [5.41, 5.74) is 1.80. The Labute approximate surface area is 182 Å². The van der Waals surface area contributed by atoms with Crippen molar-refractivity contribution < 1.29 is 23.5 Å². The first-order chi connectivity index (χ1) is 14.8. The van der Waals surface area contributed by atoms with E-state index in [9.17, 15) is 14.0 Å². The van der Waals surface area contributed by atoms with Crippen molar-refractivity contribution in [2.75, 3.05) is 18.2 Å². The van der Waals surface area contributed by atoms with Crippen LogP contribution in [-0.2, 0) is 11.3 Å². The number of para-hydroxylation sites is 1. The summed E-state index contributed by atoms with van der Waals surface area (Å²) in [6, 6.07) is 5.98. The molecule has 0 aliphatic heterocycles. The van der Waals surface area contributed by atoms with Crippen LogP contribution in [0.15, 0.2) is 29.4 Å². The molecule has 0 fully saturated rings. The average Bonchev–Trinajstić information content (AvgIpc) is 3.24. The molecule has 0 bridgehead atoms. The molecule has 11 heteroatoms. The Bertz CT molecular complexity index is 1110. The number of nitrogen functional groups attached to an aromatic ring is 1. The number of rotatable bonds is 9. The summed E-state index contributed by atoms with van der Waals surface area (Å²) in [5.74, 6) is 5.15. The van der Waals surface area contributed by atoms with E-state index in [0.29, 0.717) is 27.7 Å². The first-order valence-corrected chi connectivity index (χ1v) is 10.4. The van der Waals surface area contributed by atoms with E-state index >= 15 is 0 Å². The van der Waals surface area contributed by atoms with E-state index in [1.165, 1.54) is 16.8 Å². The summed E-state index contributed by atoms with van der Waals surface area (Å²) in [5, 5.41) is 8.18. The lowest BCUT2D eigenvalue weighted by molar-refractivity contribution is 0.0525. The number of halogens is 1. The van der Waals surface area contributed by atoms with E-state index in [2.05, 4.69) is 15.2 Å². The van der Waals surface area contributed by atoms with Crippen LogP contribution in [0.5, 0.6) is 5.75 Å².